The lowest BCUT2D eigenvalue weighted by molar-refractivity contribution is -0.147. The number of halogens is 6. The van der Waals surface area contributed by atoms with Gasteiger partial charge >= 0.3 is 12.1 Å². The van der Waals surface area contributed by atoms with E-state index in [0.29, 0.717) is 0 Å². The average Bonchev–Trinajstić information content (AvgIpc) is 2.83. The van der Waals surface area contributed by atoms with Crippen molar-refractivity contribution in [3.8, 4) is 0 Å². The fraction of sp³-hybridized carbons (Fsp3) is 0.533. The Morgan fingerprint density at radius 2 is 2.08 bits per heavy atom. The zero-order valence-corrected chi connectivity index (χ0v) is 13.4. The van der Waals surface area contributed by atoms with Crippen LogP contribution in [0.15, 0.2) is 27.9 Å². The van der Waals surface area contributed by atoms with Crippen LogP contribution in [0, 0.1) is 17.3 Å². The molecule has 1 aliphatic rings. The molecule has 0 aliphatic heterocycles. The van der Waals surface area contributed by atoms with E-state index in [0.717, 1.165) is 12.3 Å². The van der Waals surface area contributed by atoms with Crippen LogP contribution in [0.4, 0.5) is 22.0 Å². The largest absolute Gasteiger partial charge is 0.463 e. The molecule has 1 aliphatic carbocycles. The summed E-state index contributed by atoms with van der Waals surface area (Å²) in [5, 5.41) is -1.30. The summed E-state index contributed by atoms with van der Waals surface area (Å²) in [6, 6.07) is 1.24. The van der Waals surface area contributed by atoms with Crippen LogP contribution in [0.1, 0.15) is 31.6 Å². The molecule has 1 aromatic heterocycles. The average molecular weight is 373 g/mol. The molecule has 0 amide bonds. The number of rotatable bonds is 5. The second kappa shape index (κ2) is 6.38. The number of carbonyl (C=O) groups is 1. The molecule has 2 atom stereocenters. The zero-order chi connectivity index (χ0) is 18.3. The van der Waals surface area contributed by atoms with Gasteiger partial charge in [0.2, 0.25) is 0 Å². The molecule has 1 fully saturated rings. The highest BCUT2D eigenvalue weighted by Gasteiger charge is 2.62. The molecule has 1 aromatic rings. The lowest BCUT2D eigenvalue weighted by atomic mass is 10.1. The van der Waals surface area contributed by atoms with E-state index in [4.69, 9.17) is 16.3 Å². The second-order valence-electron chi connectivity index (χ2n) is 6.06. The van der Waals surface area contributed by atoms with Crippen molar-refractivity contribution in [3.05, 3.63) is 34.8 Å². The van der Waals surface area contributed by atoms with E-state index in [-0.39, 0.29) is 5.56 Å². The van der Waals surface area contributed by atoms with Gasteiger partial charge in [0.25, 0.3) is 6.43 Å². The highest BCUT2D eigenvalue weighted by molar-refractivity contribution is 6.30. The van der Waals surface area contributed by atoms with Crippen LogP contribution in [0.3, 0.4) is 0 Å². The fourth-order valence-electron chi connectivity index (χ4n) is 2.59. The van der Waals surface area contributed by atoms with Crippen molar-refractivity contribution < 1.29 is 35.9 Å². The molecule has 0 saturated heterocycles. The number of alkyl halides is 5. The first-order chi connectivity index (χ1) is 11.0. The molecule has 0 aromatic carbocycles. The van der Waals surface area contributed by atoms with E-state index < -0.39 is 53.2 Å². The first kappa shape index (κ1) is 18.8. The molecule has 0 spiro atoms. The van der Waals surface area contributed by atoms with E-state index >= 15 is 0 Å². The predicted molar refractivity (Wildman–Crippen MR) is 74.2 cm³/mol. The van der Waals surface area contributed by atoms with Crippen LogP contribution >= 0.6 is 11.6 Å². The summed E-state index contributed by atoms with van der Waals surface area (Å²) in [7, 11) is 0. The Kier molecular flexibility index (Phi) is 4.99. The third-order valence-corrected chi connectivity index (χ3v) is 4.45. The molecule has 24 heavy (non-hydrogen) atoms. The summed E-state index contributed by atoms with van der Waals surface area (Å²) in [5.41, 5.74) is -0.748. The van der Waals surface area contributed by atoms with Crippen LogP contribution in [0.25, 0.3) is 0 Å². The summed E-state index contributed by atoms with van der Waals surface area (Å²) < 4.78 is 72.2. The van der Waals surface area contributed by atoms with Crippen molar-refractivity contribution in [2.45, 2.75) is 33.1 Å². The lowest BCUT2D eigenvalue weighted by Crippen LogP contribution is -2.11. The maximum Gasteiger partial charge on any atom is 0.426 e. The van der Waals surface area contributed by atoms with E-state index in [2.05, 4.69) is 4.42 Å². The number of carbonyl (C=O) groups excluding carboxylic acids is 1. The van der Waals surface area contributed by atoms with Crippen molar-refractivity contribution in [3.63, 3.8) is 0 Å². The minimum atomic E-state index is -4.68. The van der Waals surface area contributed by atoms with Crippen molar-refractivity contribution in [2.75, 3.05) is 0 Å². The van der Waals surface area contributed by atoms with E-state index in [9.17, 15) is 26.7 Å². The minimum absolute atomic E-state index is 0.0113. The summed E-state index contributed by atoms with van der Waals surface area (Å²) in [4.78, 5) is 12.0. The van der Waals surface area contributed by atoms with E-state index in [1.54, 1.807) is 13.8 Å². The first-order valence-corrected chi connectivity index (χ1v) is 7.29. The molecule has 3 nitrogen and oxygen atoms in total. The summed E-state index contributed by atoms with van der Waals surface area (Å²) in [6.45, 7) is 2.76. The van der Waals surface area contributed by atoms with Gasteiger partial charge in [0, 0.05) is 5.56 Å². The van der Waals surface area contributed by atoms with Gasteiger partial charge in [-0.3, -0.25) is 4.79 Å². The molecular weight excluding hydrogens is 359 g/mol. The molecule has 0 N–H and O–H groups in total. The van der Waals surface area contributed by atoms with Gasteiger partial charge < -0.3 is 9.15 Å². The van der Waals surface area contributed by atoms with Crippen molar-refractivity contribution in [1.82, 2.24) is 0 Å². The van der Waals surface area contributed by atoms with Crippen molar-refractivity contribution >= 4 is 17.6 Å². The summed E-state index contributed by atoms with van der Waals surface area (Å²) in [5.74, 6) is -2.93. The molecule has 9 heteroatoms. The molecule has 1 heterocycles. The number of allylic oxidation sites excluding steroid dienone is 2. The van der Waals surface area contributed by atoms with Gasteiger partial charge in [0.1, 0.15) is 11.6 Å². The Labute approximate surface area is 139 Å². The van der Waals surface area contributed by atoms with Gasteiger partial charge in [-0.05, 0) is 17.4 Å². The zero-order valence-electron chi connectivity index (χ0n) is 12.7. The van der Waals surface area contributed by atoms with Gasteiger partial charge in [-0.25, -0.2) is 8.78 Å². The summed E-state index contributed by atoms with van der Waals surface area (Å²) in [6.07, 6.45) is -5.71. The van der Waals surface area contributed by atoms with Crippen LogP contribution in [0.5, 0.6) is 0 Å². The molecule has 2 rings (SSSR count). The van der Waals surface area contributed by atoms with Gasteiger partial charge in [-0.1, -0.05) is 31.5 Å². The van der Waals surface area contributed by atoms with Crippen molar-refractivity contribution in [2.24, 2.45) is 17.3 Å². The predicted octanol–water partition coefficient (Wildman–Crippen LogP) is 5.22. The lowest BCUT2D eigenvalue weighted by Gasteiger charge is -2.06. The number of hydrogen-bond acceptors (Lipinski definition) is 3. The topological polar surface area (TPSA) is 39.4 Å². The smallest absolute Gasteiger partial charge is 0.426 e. The highest BCUT2D eigenvalue weighted by Crippen LogP contribution is 2.60. The van der Waals surface area contributed by atoms with Crippen LogP contribution < -0.4 is 0 Å². The standard InChI is InChI=1S/C15H14ClF5O3/c1-14(2)8(5-9(16)15(19,20)21)10(14)13(22)24-6-7-3-4-23-11(7)12(17)18/h3-5,8,10,12H,6H2,1-2H3/b9-5-/t8-,10-/m0/s1. The highest BCUT2D eigenvalue weighted by atomic mass is 35.5. The van der Waals surface area contributed by atoms with Gasteiger partial charge in [0.05, 0.1) is 12.2 Å². The maximum absolute atomic E-state index is 12.6. The molecule has 134 valence electrons. The van der Waals surface area contributed by atoms with E-state index in [1.807, 2.05) is 0 Å². The molecule has 1 saturated carbocycles. The second-order valence-corrected chi connectivity index (χ2v) is 6.46. The third-order valence-electron chi connectivity index (χ3n) is 4.11. The maximum atomic E-state index is 12.6. The Bertz CT molecular complexity index is 648. The number of esters is 1. The number of furan rings is 1. The fourth-order valence-corrected chi connectivity index (χ4v) is 2.72. The third kappa shape index (κ3) is 3.74. The Hall–Kier alpha value is -1.57. The number of hydrogen-bond donors (Lipinski definition) is 0. The van der Waals surface area contributed by atoms with Crippen LogP contribution in [0.2, 0.25) is 0 Å². The van der Waals surface area contributed by atoms with E-state index in [1.165, 1.54) is 6.07 Å². The minimum Gasteiger partial charge on any atom is -0.463 e. The Balaban J connectivity index is 2.02. The normalized spacial score (nSPS) is 23.5. The Morgan fingerprint density at radius 3 is 2.62 bits per heavy atom. The quantitative estimate of drug-likeness (QED) is 0.525. The first-order valence-electron chi connectivity index (χ1n) is 6.91. The molecule has 0 radical (unpaired) electrons. The number of ether oxygens (including phenoxy) is 1. The van der Waals surface area contributed by atoms with Gasteiger partial charge in [-0.2, -0.15) is 13.2 Å². The SMILES string of the molecule is CC1(C)[C@H](C(=O)OCc2ccoc2C(F)F)[C@@H]1/C=C(\Cl)C(F)(F)F. The monoisotopic (exact) mass is 372 g/mol. The van der Waals surface area contributed by atoms with Crippen molar-refractivity contribution in [1.29, 1.82) is 0 Å². The van der Waals surface area contributed by atoms with Gasteiger partial charge in [0.15, 0.2) is 5.76 Å². The molecular formula is C15H14ClF5O3. The van der Waals surface area contributed by atoms with Crippen LogP contribution in [-0.4, -0.2) is 12.1 Å². The molecule has 0 unspecified atom stereocenters. The Morgan fingerprint density at radius 1 is 1.46 bits per heavy atom. The molecule has 0 bridgehead atoms. The van der Waals surface area contributed by atoms with Gasteiger partial charge in [-0.15, -0.1) is 0 Å². The summed E-state index contributed by atoms with van der Waals surface area (Å²) >= 11 is 5.19. The van der Waals surface area contributed by atoms with Crippen LogP contribution in [-0.2, 0) is 16.1 Å².